The van der Waals surface area contributed by atoms with Crippen LogP contribution >= 0.6 is 23.2 Å². The highest BCUT2D eigenvalue weighted by Crippen LogP contribution is 2.28. The van der Waals surface area contributed by atoms with Gasteiger partial charge in [-0.25, -0.2) is 14.3 Å². The molecular weight excluding hydrogens is 430 g/mol. The molecule has 30 heavy (non-hydrogen) atoms. The second-order valence-electron chi connectivity index (χ2n) is 7.41. The number of nitrogens with zero attached hydrogens (tertiary/aromatic N) is 2. The van der Waals surface area contributed by atoms with E-state index in [0.717, 1.165) is 0 Å². The number of amides is 2. The van der Waals surface area contributed by atoms with Crippen molar-refractivity contribution >= 4 is 45.7 Å². The predicted octanol–water partition coefficient (Wildman–Crippen LogP) is 5.62. The van der Waals surface area contributed by atoms with E-state index in [1.54, 1.807) is 23.1 Å². The number of rotatable bonds is 5. The van der Waals surface area contributed by atoms with E-state index >= 15 is 0 Å². The Morgan fingerprint density at radius 1 is 1.17 bits per heavy atom. The molecule has 9 heteroatoms. The molecule has 0 aliphatic carbocycles. The number of carbonyl (C=O) groups excluding carboxylic acids is 1. The number of urea groups is 1. The van der Waals surface area contributed by atoms with E-state index in [1.165, 1.54) is 18.2 Å². The zero-order valence-electron chi connectivity index (χ0n) is 16.7. The molecule has 1 atom stereocenters. The zero-order chi connectivity index (χ0) is 22.0. The lowest BCUT2D eigenvalue weighted by atomic mass is 10.0. The van der Waals surface area contributed by atoms with Crippen molar-refractivity contribution in [3.8, 4) is 0 Å². The van der Waals surface area contributed by atoms with Gasteiger partial charge in [-0.3, -0.25) is 4.79 Å². The second-order valence-corrected chi connectivity index (χ2v) is 8.25. The van der Waals surface area contributed by atoms with E-state index in [2.05, 4.69) is 15.5 Å². The van der Waals surface area contributed by atoms with Gasteiger partial charge in [0.05, 0.1) is 22.1 Å². The first-order valence-corrected chi connectivity index (χ1v) is 10.1. The number of anilines is 1. The first-order chi connectivity index (χ1) is 14.2. The Morgan fingerprint density at radius 3 is 2.57 bits per heavy atom. The average Bonchev–Trinajstić information content (AvgIpc) is 2.69. The fourth-order valence-corrected chi connectivity index (χ4v) is 3.56. The monoisotopic (exact) mass is 450 g/mol. The molecule has 0 unspecified atom stereocenters. The minimum Gasteiger partial charge on any atom is -0.316 e. The van der Waals surface area contributed by atoms with Gasteiger partial charge in [-0.2, -0.15) is 5.10 Å². The van der Waals surface area contributed by atoms with Gasteiger partial charge in [0.15, 0.2) is 0 Å². The maximum atomic E-state index is 13.4. The molecule has 0 saturated carbocycles. The summed E-state index contributed by atoms with van der Waals surface area (Å²) in [5.74, 6) is -0.400. The quantitative estimate of drug-likeness (QED) is 0.529. The van der Waals surface area contributed by atoms with Crippen LogP contribution in [0.15, 0.2) is 41.2 Å². The maximum Gasteiger partial charge on any atom is 0.322 e. The molecule has 2 amide bonds. The number of halogens is 3. The van der Waals surface area contributed by atoms with E-state index < -0.39 is 17.9 Å². The Balaban J connectivity index is 1.98. The Labute approximate surface area is 183 Å². The number of aromatic amines is 1. The standard InChI is InChI=1S/C21H21Cl2FN4O2/c1-11(2)10-28(21(30)25-14-5-7-18(24)17(23)9-14)12(3)19-15-6-4-13(22)8-16(15)20(29)27-26-19/h4-9,11-12H,10H2,1-3H3,(H,25,30)(H,27,29)/t12-/m0/s1. The van der Waals surface area contributed by atoms with Crippen LogP contribution in [0.4, 0.5) is 14.9 Å². The van der Waals surface area contributed by atoms with Gasteiger partial charge in [-0.1, -0.05) is 43.1 Å². The van der Waals surface area contributed by atoms with Crippen molar-refractivity contribution in [2.45, 2.75) is 26.8 Å². The summed E-state index contributed by atoms with van der Waals surface area (Å²) >= 11 is 11.9. The lowest BCUT2D eigenvalue weighted by molar-refractivity contribution is 0.182. The molecule has 0 spiro atoms. The van der Waals surface area contributed by atoms with Gasteiger partial charge in [0.1, 0.15) is 5.82 Å². The first kappa shape index (κ1) is 22.1. The lowest BCUT2D eigenvalue weighted by Crippen LogP contribution is -2.40. The van der Waals surface area contributed by atoms with E-state index in [-0.39, 0.29) is 16.5 Å². The van der Waals surface area contributed by atoms with Crippen LogP contribution in [0.1, 0.15) is 32.5 Å². The number of fused-ring (bicyclic) bond motifs is 1. The number of hydrogen-bond donors (Lipinski definition) is 2. The Kier molecular flexibility index (Phi) is 6.63. The molecule has 2 N–H and O–H groups in total. The molecule has 6 nitrogen and oxygen atoms in total. The Morgan fingerprint density at radius 2 is 1.90 bits per heavy atom. The van der Waals surface area contributed by atoms with E-state index in [1.807, 2.05) is 20.8 Å². The van der Waals surface area contributed by atoms with Crippen molar-refractivity contribution < 1.29 is 9.18 Å². The van der Waals surface area contributed by atoms with Crippen LogP contribution in [0.25, 0.3) is 10.8 Å². The average molecular weight is 451 g/mol. The summed E-state index contributed by atoms with van der Waals surface area (Å²) in [6, 6.07) is 8.08. The third-order valence-corrected chi connectivity index (χ3v) is 5.16. The molecule has 1 heterocycles. The van der Waals surface area contributed by atoms with Crippen molar-refractivity contribution in [2.24, 2.45) is 5.92 Å². The summed E-state index contributed by atoms with van der Waals surface area (Å²) in [5, 5.41) is 10.8. The third kappa shape index (κ3) is 4.74. The number of hydrogen-bond acceptors (Lipinski definition) is 3. The van der Waals surface area contributed by atoms with Gasteiger partial charge in [0.2, 0.25) is 0 Å². The topological polar surface area (TPSA) is 78.1 Å². The summed E-state index contributed by atoms with van der Waals surface area (Å²) in [6.07, 6.45) is 0. The highest BCUT2D eigenvalue weighted by atomic mass is 35.5. The molecule has 0 aliphatic rings. The van der Waals surface area contributed by atoms with Crippen molar-refractivity contribution in [2.75, 3.05) is 11.9 Å². The van der Waals surface area contributed by atoms with Gasteiger partial charge in [-0.15, -0.1) is 0 Å². The number of benzene rings is 2. The Hall–Kier alpha value is -2.64. The van der Waals surface area contributed by atoms with Gasteiger partial charge in [0.25, 0.3) is 5.56 Å². The fourth-order valence-electron chi connectivity index (χ4n) is 3.20. The molecule has 1 aromatic heterocycles. The molecule has 0 radical (unpaired) electrons. The van der Waals surface area contributed by atoms with Gasteiger partial charge < -0.3 is 10.2 Å². The van der Waals surface area contributed by atoms with Crippen LogP contribution in [0, 0.1) is 11.7 Å². The van der Waals surface area contributed by atoms with Gasteiger partial charge in [0, 0.05) is 22.6 Å². The largest absolute Gasteiger partial charge is 0.322 e. The second kappa shape index (κ2) is 9.02. The van der Waals surface area contributed by atoms with Crippen molar-refractivity contribution in [1.82, 2.24) is 15.1 Å². The number of H-pyrrole nitrogens is 1. The fraction of sp³-hybridized carbons (Fsp3) is 0.286. The molecule has 0 fully saturated rings. The van der Waals surface area contributed by atoms with Crippen LogP contribution in [-0.4, -0.2) is 27.7 Å². The lowest BCUT2D eigenvalue weighted by Gasteiger charge is -2.31. The number of nitrogens with one attached hydrogen (secondary N) is 2. The highest BCUT2D eigenvalue weighted by Gasteiger charge is 2.26. The molecule has 2 aromatic carbocycles. The maximum absolute atomic E-state index is 13.4. The summed E-state index contributed by atoms with van der Waals surface area (Å²) < 4.78 is 13.4. The van der Waals surface area contributed by atoms with E-state index in [9.17, 15) is 14.0 Å². The molecule has 0 aliphatic heterocycles. The third-order valence-electron chi connectivity index (χ3n) is 4.64. The highest BCUT2D eigenvalue weighted by molar-refractivity contribution is 6.31. The van der Waals surface area contributed by atoms with E-state index in [0.29, 0.717) is 33.7 Å². The molecular formula is C21H21Cl2FN4O2. The molecule has 0 saturated heterocycles. The minimum atomic E-state index is -0.565. The van der Waals surface area contributed by atoms with Crippen molar-refractivity contribution in [3.05, 3.63) is 68.3 Å². The summed E-state index contributed by atoms with van der Waals surface area (Å²) in [5.41, 5.74) is 0.553. The van der Waals surface area contributed by atoms with Crippen molar-refractivity contribution in [3.63, 3.8) is 0 Å². The molecule has 3 aromatic rings. The van der Waals surface area contributed by atoms with Crippen LogP contribution in [0.3, 0.4) is 0 Å². The Bertz CT molecular complexity index is 1150. The summed E-state index contributed by atoms with van der Waals surface area (Å²) in [7, 11) is 0. The summed E-state index contributed by atoms with van der Waals surface area (Å²) in [4.78, 5) is 26.9. The first-order valence-electron chi connectivity index (χ1n) is 9.38. The molecule has 3 rings (SSSR count). The SMILES string of the molecule is CC(C)CN(C(=O)Nc1ccc(F)c(Cl)c1)[C@@H](C)c1n[nH]c(=O)c2cc(Cl)ccc12. The van der Waals surface area contributed by atoms with Crippen LogP contribution in [-0.2, 0) is 0 Å². The zero-order valence-corrected chi connectivity index (χ0v) is 18.2. The van der Waals surface area contributed by atoms with Crippen LogP contribution in [0.5, 0.6) is 0 Å². The van der Waals surface area contributed by atoms with Crippen LogP contribution < -0.4 is 10.9 Å². The number of aromatic nitrogens is 2. The van der Waals surface area contributed by atoms with E-state index in [4.69, 9.17) is 23.2 Å². The van der Waals surface area contributed by atoms with Crippen LogP contribution in [0.2, 0.25) is 10.0 Å². The minimum absolute atomic E-state index is 0.0820. The normalized spacial score (nSPS) is 12.2. The predicted molar refractivity (Wildman–Crippen MR) is 118 cm³/mol. The number of carbonyl (C=O) groups is 1. The van der Waals surface area contributed by atoms with Gasteiger partial charge >= 0.3 is 6.03 Å². The smallest absolute Gasteiger partial charge is 0.316 e. The van der Waals surface area contributed by atoms with Crippen molar-refractivity contribution in [1.29, 1.82) is 0 Å². The molecule has 158 valence electrons. The summed E-state index contributed by atoms with van der Waals surface area (Å²) in [6.45, 7) is 6.23. The molecule has 0 bridgehead atoms. The van der Waals surface area contributed by atoms with Gasteiger partial charge in [-0.05, 0) is 43.2 Å².